The molecule has 2 aromatic carbocycles. The van der Waals surface area contributed by atoms with E-state index >= 15 is 0 Å². The highest BCUT2D eigenvalue weighted by molar-refractivity contribution is 5.98. The molecular weight excluding hydrogens is 234 g/mol. The Hall–Kier alpha value is -2.61. The van der Waals surface area contributed by atoms with E-state index in [9.17, 15) is 4.79 Å². The molecule has 0 spiro atoms. The van der Waals surface area contributed by atoms with Gasteiger partial charge in [0.1, 0.15) is 0 Å². The summed E-state index contributed by atoms with van der Waals surface area (Å²) in [5.41, 5.74) is 1.96. The van der Waals surface area contributed by atoms with E-state index in [0.717, 1.165) is 5.69 Å². The van der Waals surface area contributed by atoms with Crippen LogP contribution in [0, 0.1) is 0 Å². The van der Waals surface area contributed by atoms with Crippen molar-refractivity contribution in [2.45, 2.75) is 0 Å². The first-order valence-corrected chi connectivity index (χ1v) is 5.92. The number of carbonyl (C=O) groups is 1. The van der Waals surface area contributed by atoms with Gasteiger partial charge < -0.3 is 5.32 Å². The van der Waals surface area contributed by atoms with Gasteiger partial charge in [0.25, 0.3) is 0 Å². The molecule has 0 aliphatic heterocycles. The molecule has 2 nitrogen and oxygen atoms in total. The van der Waals surface area contributed by atoms with E-state index in [0.29, 0.717) is 0 Å². The standard InChI is InChI=1S/C9H9NO.C8H8/c1-2-9(11)10-8-6-4-3-5-7-8;1-2-8-6-4-3-5-7-8/h2-7H,1H2,(H,10,11);2-7H,1H2. The van der Waals surface area contributed by atoms with E-state index in [4.69, 9.17) is 0 Å². The Morgan fingerprint density at radius 2 is 1.42 bits per heavy atom. The maximum Gasteiger partial charge on any atom is 0.247 e. The first kappa shape index (κ1) is 14.5. The van der Waals surface area contributed by atoms with Crippen molar-refractivity contribution in [3.05, 3.63) is 85.5 Å². The van der Waals surface area contributed by atoms with Crippen LogP contribution in [0.1, 0.15) is 5.56 Å². The van der Waals surface area contributed by atoms with Crippen LogP contribution in [0.5, 0.6) is 0 Å². The number of amides is 1. The third kappa shape index (κ3) is 6.03. The topological polar surface area (TPSA) is 29.1 Å². The zero-order valence-corrected chi connectivity index (χ0v) is 10.8. The van der Waals surface area contributed by atoms with E-state index in [1.54, 1.807) is 0 Å². The zero-order chi connectivity index (χ0) is 13.9. The molecule has 0 saturated carbocycles. The van der Waals surface area contributed by atoms with Gasteiger partial charge in [-0.2, -0.15) is 0 Å². The number of hydrogen-bond acceptors (Lipinski definition) is 1. The predicted molar refractivity (Wildman–Crippen MR) is 81.8 cm³/mol. The van der Waals surface area contributed by atoms with Crippen molar-refractivity contribution in [2.24, 2.45) is 0 Å². The van der Waals surface area contributed by atoms with Crippen LogP contribution < -0.4 is 5.32 Å². The lowest BCUT2D eigenvalue weighted by Gasteiger charge is -1.98. The molecule has 0 unspecified atom stereocenters. The number of anilines is 1. The lowest BCUT2D eigenvalue weighted by Crippen LogP contribution is -2.06. The summed E-state index contributed by atoms with van der Waals surface area (Å²) in [7, 11) is 0. The summed E-state index contributed by atoms with van der Waals surface area (Å²) in [4.78, 5) is 10.8. The SMILES string of the molecule is C=CC(=O)Nc1ccccc1.C=Cc1ccccc1. The molecule has 0 atom stereocenters. The Balaban J connectivity index is 0.000000200. The van der Waals surface area contributed by atoms with Crippen molar-refractivity contribution in [3.63, 3.8) is 0 Å². The quantitative estimate of drug-likeness (QED) is 0.816. The molecule has 2 aromatic rings. The molecule has 0 heterocycles. The number of hydrogen-bond donors (Lipinski definition) is 1. The molecule has 0 saturated heterocycles. The summed E-state index contributed by atoms with van der Waals surface area (Å²) in [6, 6.07) is 19.3. The molecule has 0 bridgehead atoms. The highest BCUT2D eigenvalue weighted by Gasteiger charge is 1.92. The normalized spacial score (nSPS) is 8.63. The molecule has 0 fully saturated rings. The van der Waals surface area contributed by atoms with Gasteiger partial charge in [-0.3, -0.25) is 4.79 Å². The van der Waals surface area contributed by atoms with Crippen LogP contribution in [0.2, 0.25) is 0 Å². The molecule has 0 aliphatic carbocycles. The second-order valence-electron chi connectivity index (χ2n) is 3.67. The third-order valence-corrected chi connectivity index (χ3v) is 2.26. The molecule has 0 aliphatic rings. The van der Waals surface area contributed by atoms with Gasteiger partial charge in [0.05, 0.1) is 0 Å². The minimum Gasteiger partial charge on any atom is -0.323 e. The van der Waals surface area contributed by atoms with Crippen LogP contribution >= 0.6 is 0 Å². The zero-order valence-electron chi connectivity index (χ0n) is 10.8. The van der Waals surface area contributed by atoms with Crippen molar-refractivity contribution in [1.82, 2.24) is 0 Å². The Bertz CT molecular complexity index is 517. The van der Waals surface area contributed by atoms with E-state index in [2.05, 4.69) is 18.5 Å². The van der Waals surface area contributed by atoms with Gasteiger partial charge >= 0.3 is 0 Å². The molecule has 1 N–H and O–H groups in total. The lowest BCUT2D eigenvalue weighted by molar-refractivity contribution is -0.111. The fourth-order valence-corrected chi connectivity index (χ4v) is 1.30. The fourth-order valence-electron chi connectivity index (χ4n) is 1.30. The van der Waals surface area contributed by atoms with Gasteiger partial charge in [0.2, 0.25) is 5.91 Å². The van der Waals surface area contributed by atoms with Crippen LogP contribution in [0.3, 0.4) is 0 Å². The van der Waals surface area contributed by atoms with Crippen LogP contribution in [-0.4, -0.2) is 5.91 Å². The minimum atomic E-state index is -0.184. The molecule has 2 heteroatoms. The first-order chi connectivity index (χ1) is 9.26. The predicted octanol–water partition coefficient (Wildman–Crippen LogP) is 4.14. The first-order valence-electron chi connectivity index (χ1n) is 5.92. The van der Waals surface area contributed by atoms with Gasteiger partial charge in [-0.15, -0.1) is 0 Å². The lowest BCUT2D eigenvalue weighted by atomic mass is 10.2. The van der Waals surface area contributed by atoms with Crippen molar-refractivity contribution >= 4 is 17.7 Å². The number of para-hydroxylation sites is 1. The van der Waals surface area contributed by atoms with Crippen LogP contribution in [-0.2, 0) is 4.79 Å². The molecule has 0 radical (unpaired) electrons. The van der Waals surface area contributed by atoms with Crippen molar-refractivity contribution in [1.29, 1.82) is 0 Å². The second kappa shape index (κ2) is 8.48. The number of benzene rings is 2. The smallest absolute Gasteiger partial charge is 0.247 e. The summed E-state index contributed by atoms with van der Waals surface area (Å²) in [5, 5.41) is 2.63. The molecule has 2 rings (SSSR count). The van der Waals surface area contributed by atoms with Crippen LogP contribution in [0.15, 0.2) is 79.9 Å². The maximum absolute atomic E-state index is 10.8. The maximum atomic E-state index is 10.8. The van der Waals surface area contributed by atoms with Gasteiger partial charge in [0, 0.05) is 5.69 Å². The minimum absolute atomic E-state index is 0.184. The number of carbonyl (C=O) groups excluding carboxylic acids is 1. The molecule has 1 amide bonds. The summed E-state index contributed by atoms with van der Waals surface area (Å²) < 4.78 is 0. The second-order valence-corrected chi connectivity index (χ2v) is 3.67. The van der Waals surface area contributed by atoms with Gasteiger partial charge in [-0.1, -0.05) is 67.8 Å². The van der Waals surface area contributed by atoms with Gasteiger partial charge in [0.15, 0.2) is 0 Å². The van der Waals surface area contributed by atoms with Crippen LogP contribution in [0.25, 0.3) is 6.08 Å². The van der Waals surface area contributed by atoms with E-state index in [-0.39, 0.29) is 5.91 Å². The van der Waals surface area contributed by atoms with Crippen molar-refractivity contribution in [3.8, 4) is 0 Å². The average Bonchev–Trinajstić information content (AvgIpc) is 2.49. The van der Waals surface area contributed by atoms with E-state index in [1.165, 1.54) is 11.6 Å². The number of rotatable bonds is 3. The summed E-state index contributed by atoms with van der Waals surface area (Å²) in [6.45, 7) is 6.98. The number of nitrogens with one attached hydrogen (secondary N) is 1. The Morgan fingerprint density at radius 1 is 0.895 bits per heavy atom. The molecular formula is C17H17NO. The Morgan fingerprint density at radius 3 is 1.84 bits per heavy atom. The third-order valence-electron chi connectivity index (χ3n) is 2.26. The Kier molecular flexibility index (Phi) is 6.45. The van der Waals surface area contributed by atoms with Gasteiger partial charge in [-0.25, -0.2) is 0 Å². The van der Waals surface area contributed by atoms with Crippen molar-refractivity contribution in [2.75, 3.05) is 5.32 Å². The average molecular weight is 251 g/mol. The highest BCUT2D eigenvalue weighted by Crippen LogP contribution is 2.04. The summed E-state index contributed by atoms with van der Waals surface area (Å²) in [5.74, 6) is -0.184. The monoisotopic (exact) mass is 251 g/mol. The molecule has 0 aromatic heterocycles. The molecule has 96 valence electrons. The largest absolute Gasteiger partial charge is 0.323 e. The molecule has 19 heavy (non-hydrogen) atoms. The Labute approximate surface area is 114 Å². The van der Waals surface area contributed by atoms with Crippen LogP contribution in [0.4, 0.5) is 5.69 Å². The summed E-state index contributed by atoms with van der Waals surface area (Å²) in [6.07, 6.45) is 3.08. The van der Waals surface area contributed by atoms with Crippen molar-refractivity contribution < 1.29 is 4.79 Å². The highest BCUT2D eigenvalue weighted by atomic mass is 16.1. The van der Waals surface area contributed by atoms with E-state index in [1.807, 2.05) is 66.7 Å². The summed E-state index contributed by atoms with van der Waals surface area (Å²) >= 11 is 0. The fraction of sp³-hybridized carbons (Fsp3) is 0. The van der Waals surface area contributed by atoms with Gasteiger partial charge in [-0.05, 0) is 23.8 Å². The van der Waals surface area contributed by atoms with E-state index < -0.39 is 0 Å².